The molecule has 3 fully saturated rings. The Balaban J connectivity index is 1.63. The van der Waals surface area contributed by atoms with Crippen LogP contribution in [0.15, 0.2) is 23.8 Å². The average molecular weight is 398 g/mol. The van der Waals surface area contributed by atoms with Gasteiger partial charge < -0.3 is 9.47 Å². The van der Waals surface area contributed by atoms with Gasteiger partial charge in [0.15, 0.2) is 5.78 Å². The summed E-state index contributed by atoms with van der Waals surface area (Å²) in [6, 6.07) is 0. The molecule has 0 bridgehead atoms. The summed E-state index contributed by atoms with van der Waals surface area (Å²) in [6.45, 7) is 4.49. The largest absolute Gasteiger partial charge is 0.469 e. The molecule has 1 spiro atoms. The monoisotopic (exact) mass is 398 g/mol. The lowest BCUT2D eigenvalue weighted by Gasteiger charge is -2.58. The first-order valence-electron chi connectivity index (χ1n) is 11.0. The van der Waals surface area contributed by atoms with Crippen molar-refractivity contribution < 1.29 is 23.9 Å². The molecular formula is C24H30O5. The molecule has 5 aliphatic rings. The molecule has 0 N–H and O–H groups in total. The van der Waals surface area contributed by atoms with E-state index < -0.39 is 5.60 Å². The molecule has 156 valence electrons. The zero-order valence-electron chi connectivity index (χ0n) is 17.5. The zero-order valence-corrected chi connectivity index (χ0v) is 17.5. The maximum atomic E-state index is 12.9. The first-order chi connectivity index (χ1) is 13.7. The Bertz CT molecular complexity index is 855. The van der Waals surface area contributed by atoms with Crippen molar-refractivity contribution in [1.29, 1.82) is 0 Å². The summed E-state index contributed by atoms with van der Waals surface area (Å²) in [4.78, 5) is 37.1. The van der Waals surface area contributed by atoms with Crippen molar-refractivity contribution in [1.82, 2.24) is 0 Å². The van der Waals surface area contributed by atoms with Crippen LogP contribution in [0.5, 0.6) is 0 Å². The molecule has 4 aliphatic carbocycles. The highest BCUT2D eigenvalue weighted by molar-refractivity contribution is 5.92. The second kappa shape index (κ2) is 6.05. The lowest BCUT2D eigenvalue weighted by atomic mass is 9.46. The van der Waals surface area contributed by atoms with E-state index in [2.05, 4.69) is 26.0 Å². The maximum absolute atomic E-state index is 12.9. The van der Waals surface area contributed by atoms with E-state index >= 15 is 0 Å². The van der Waals surface area contributed by atoms with Crippen molar-refractivity contribution in [2.45, 2.75) is 64.4 Å². The smallest absolute Gasteiger partial charge is 0.309 e. The van der Waals surface area contributed by atoms with Crippen LogP contribution in [-0.2, 0) is 23.9 Å². The number of hydrogen-bond donors (Lipinski definition) is 0. The first-order valence-corrected chi connectivity index (χ1v) is 11.0. The molecular weight excluding hydrogens is 368 g/mol. The van der Waals surface area contributed by atoms with Gasteiger partial charge in [0, 0.05) is 18.3 Å². The minimum Gasteiger partial charge on any atom is -0.469 e. The van der Waals surface area contributed by atoms with Gasteiger partial charge in [0.2, 0.25) is 0 Å². The Kier molecular flexibility index (Phi) is 3.98. The Morgan fingerprint density at radius 2 is 1.97 bits per heavy atom. The van der Waals surface area contributed by atoms with E-state index in [0.29, 0.717) is 19.3 Å². The van der Waals surface area contributed by atoms with Gasteiger partial charge >= 0.3 is 11.9 Å². The summed E-state index contributed by atoms with van der Waals surface area (Å²) in [6.07, 6.45) is 11.5. The van der Waals surface area contributed by atoms with Crippen LogP contribution < -0.4 is 0 Å². The number of carbonyl (C=O) groups excluding carboxylic acids is 3. The normalized spacial score (nSPS) is 47.9. The van der Waals surface area contributed by atoms with Gasteiger partial charge in [0.1, 0.15) is 5.60 Å². The van der Waals surface area contributed by atoms with E-state index in [1.165, 1.54) is 7.11 Å². The summed E-state index contributed by atoms with van der Waals surface area (Å²) in [5.74, 6) is 0.250. The number of allylic oxidation sites excluding steroid dienone is 3. The third-order valence-corrected chi connectivity index (χ3v) is 9.29. The molecule has 2 saturated carbocycles. The van der Waals surface area contributed by atoms with Crippen molar-refractivity contribution in [2.24, 2.45) is 34.5 Å². The number of ketones is 1. The molecule has 0 amide bonds. The highest BCUT2D eigenvalue weighted by Gasteiger charge is 2.67. The van der Waals surface area contributed by atoms with Gasteiger partial charge in [-0.25, -0.2) is 0 Å². The van der Waals surface area contributed by atoms with Crippen LogP contribution >= 0.6 is 0 Å². The highest BCUT2D eigenvalue weighted by Crippen LogP contribution is 2.68. The van der Waals surface area contributed by atoms with Crippen molar-refractivity contribution in [3.63, 3.8) is 0 Å². The molecule has 0 radical (unpaired) electrons. The van der Waals surface area contributed by atoms with E-state index in [4.69, 9.17) is 9.47 Å². The number of hydrogen-bond acceptors (Lipinski definition) is 5. The Labute approximate surface area is 171 Å². The summed E-state index contributed by atoms with van der Waals surface area (Å²) >= 11 is 0. The van der Waals surface area contributed by atoms with Crippen molar-refractivity contribution in [3.05, 3.63) is 23.8 Å². The van der Waals surface area contributed by atoms with Gasteiger partial charge in [0.05, 0.1) is 13.0 Å². The SMILES string of the molecule is COC(=O)C1CC2=CC(=O)CCC2(C)C2C=CC3(C)C(CCC34CCC(=O)O4)C12. The van der Waals surface area contributed by atoms with Crippen LogP contribution in [0.4, 0.5) is 0 Å². The van der Waals surface area contributed by atoms with Gasteiger partial charge in [-0.05, 0) is 61.3 Å². The Morgan fingerprint density at radius 3 is 2.66 bits per heavy atom. The molecule has 1 saturated heterocycles. The van der Waals surface area contributed by atoms with E-state index in [0.717, 1.165) is 31.3 Å². The molecule has 5 heteroatoms. The third-order valence-electron chi connectivity index (χ3n) is 9.29. The standard InChI is InChI=1S/C24H30O5/c1-22-8-4-15(25)12-14(22)13-16(21(27)28-3)20-17(22)5-9-23(2)18(20)6-10-24(23)11-7-19(26)29-24/h5,9,12,16-18,20H,4,6-8,10-11,13H2,1-3H3. The molecule has 1 heterocycles. The number of methoxy groups -OCH3 is 1. The van der Waals surface area contributed by atoms with Crippen molar-refractivity contribution >= 4 is 17.7 Å². The number of fused-ring (bicyclic) bond motifs is 6. The predicted molar refractivity (Wildman–Crippen MR) is 106 cm³/mol. The van der Waals surface area contributed by atoms with Crippen LogP contribution in [0.2, 0.25) is 0 Å². The molecule has 5 rings (SSSR count). The van der Waals surface area contributed by atoms with Crippen molar-refractivity contribution in [2.75, 3.05) is 7.11 Å². The highest BCUT2D eigenvalue weighted by atomic mass is 16.6. The lowest BCUT2D eigenvalue weighted by Crippen LogP contribution is -2.56. The molecule has 0 aromatic carbocycles. The van der Waals surface area contributed by atoms with E-state index in [1.807, 2.05) is 0 Å². The summed E-state index contributed by atoms with van der Waals surface area (Å²) < 4.78 is 11.2. The fourth-order valence-electron chi connectivity index (χ4n) is 7.61. The van der Waals surface area contributed by atoms with E-state index in [1.54, 1.807) is 6.08 Å². The van der Waals surface area contributed by atoms with Gasteiger partial charge in [0.25, 0.3) is 0 Å². The Morgan fingerprint density at radius 1 is 1.17 bits per heavy atom. The lowest BCUT2D eigenvalue weighted by molar-refractivity contribution is -0.162. The fraction of sp³-hybridized carbons (Fsp3) is 0.708. The summed E-state index contributed by atoms with van der Waals surface area (Å²) in [7, 11) is 1.46. The topological polar surface area (TPSA) is 69.7 Å². The van der Waals surface area contributed by atoms with Crippen LogP contribution in [0.25, 0.3) is 0 Å². The fourth-order valence-corrected chi connectivity index (χ4v) is 7.61. The van der Waals surface area contributed by atoms with Gasteiger partial charge in [-0.15, -0.1) is 0 Å². The van der Waals surface area contributed by atoms with Crippen molar-refractivity contribution in [3.8, 4) is 0 Å². The maximum Gasteiger partial charge on any atom is 0.309 e. The molecule has 7 unspecified atom stereocenters. The summed E-state index contributed by atoms with van der Waals surface area (Å²) in [5.41, 5.74) is 0.326. The van der Waals surface area contributed by atoms with Gasteiger partial charge in [-0.1, -0.05) is 31.6 Å². The van der Waals surface area contributed by atoms with Crippen LogP contribution in [0, 0.1) is 34.5 Å². The summed E-state index contributed by atoms with van der Waals surface area (Å²) in [5, 5.41) is 0. The van der Waals surface area contributed by atoms with E-state index in [9.17, 15) is 14.4 Å². The second-order valence-corrected chi connectivity index (χ2v) is 10.2. The number of ether oxygens (including phenoxy) is 2. The van der Waals surface area contributed by atoms with Gasteiger partial charge in [-0.3, -0.25) is 14.4 Å². The zero-order chi connectivity index (χ0) is 20.6. The van der Waals surface area contributed by atoms with Gasteiger partial charge in [-0.2, -0.15) is 0 Å². The minimum atomic E-state index is -0.434. The molecule has 0 aromatic rings. The Hall–Kier alpha value is -1.91. The van der Waals surface area contributed by atoms with Crippen LogP contribution in [0.3, 0.4) is 0 Å². The quantitative estimate of drug-likeness (QED) is 0.497. The molecule has 5 nitrogen and oxygen atoms in total. The average Bonchev–Trinajstić information content (AvgIpc) is 3.22. The molecule has 1 aliphatic heterocycles. The number of carbonyl (C=O) groups is 3. The first kappa shape index (κ1) is 19.1. The molecule has 7 atom stereocenters. The number of esters is 2. The van der Waals surface area contributed by atoms with Crippen LogP contribution in [-0.4, -0.2) is 30.4 Å². The molecule has 29 heavy (non-hydrogen) atoms. The van der Waals surface area contributed by atoms with Crippen LogP contribution in [0.1, 0.15) is 58.8 Å². The predicted octanol–water partition coefficient (Wildman–Crippen LogP) is 3.77. The minimum absolute atomic E-state index is 0.0942. The molecule has 0 aromatic heterocycles. The third kappa shape index (κ3) is 2.36. The number of rotatable bonds is 1. The second-order valence-electron chi connectivity index (χ2n) is 10.2. The van der Waals surface area contributed by atoms with E-state index in [-0.39, 0.29) is 52.2 Å².